The molecule has 4 aliphatic heterocycles. The third-order valence-electron chi connectivity index (χ3n) is 13.5. The van der Waals surface area contributed by atoms with Crippen LogP contribution in [-0.2, 0) is 22.4 Å². The van der Waals surface area contributed by atoms with Crippen molar-refractivity contribution in [1.29, 1.82) is 0 Å². The van der Waals surface area contributed by atoms with Crippen molar-refractivity contribution >= 4 is 35.0 Å². The minimum absolute atomic E-state index is 0.164. The highest BCUT2D eigenvalue weighted by Crippen LogP contribution is 2.52. The lowest BCUT2D eigenvalue weighted by Crippen LogP contribution is -2.72. The fraction of sp³-hybridized carbons (Fsp3) is 0.455. The van der Waals surface area contributed by atoms with Gasteiger partial charge < -0.3 is 19.3 Å². The molecule has 6 heterocycles. The molecule has 4 saturated heterocycles. The largest absolute Gasteiger partial charge is 0.481 e. The topological polar surface area (TPSA) is 91.3 Å². The summed E-state index contributed by atoms with van der Waals surface area (Å²) in [6, 6.07) is 16.9. The second-order valence-corrected chi connectivity index (χ2v) is 17.9. The minimum Gasteiger partial charge on any atom is -0.481 e. The van der Waals surface area contributed by atoms with Crippen molar-refractivity contribution in [1.82, 2.24) is 29.6 Å². The predicted octanol–water partition coefficient (Wildman–Crippen LogP) is 7.10. The van der Waals surface area contributed by atoms with E-state index in [1.807, 2.05) is 46.2 Å². The quantitative estimate of drug-likeness (QED) is 0.196. The number of carbonyl (C=O) groups excluding carboxylic acids is 2. The van der Waals surface area contributed by atoms with Crippen molar-refractivity contribution in [3.63, 3.8) is 0 Å². The Morgan fingerprint density at radius 3 is 1.36 bits per heavy atom. The SMILES string of the molecule is COc1nc(-c2cccc(-c3cccc(-c4cc5c(c(OC)n4)[C@H](N4CC6(CN(C(C)=O)C6)C4)CC5)c3Cl)c2Cl)cc2c1[C@H](N1CC3(CN(C(C)=O)C3)C1)CC2. The molecule has 0 unspecified atom stereocenters. The van der Waals surface area contributed by atoms with E-state index < -0.39 is 0 Å². The van der Waals surface area contributed by atoms with Gasteiger partial charge in [0, 0.05) is 122 Å². The fourth-order valence-electron chi connectivity index (χ4n) is 10.8. The molecular formula is C44H46Cl2N6O4. The molecule has 6 aliphatic rings. The molecule has 2 aromatic heterocycles. The Morgan fingerprint density at radius 2 is 1.00 bits per heavy atom. The number of aromatic nitrogens is 2. The molecule has 2 amide bonds. The Labute approximate surface area is 337 Å². The van der Waals surface area contributed by atoms with Gasteiger partial charge in [-0.15, -0.1) is 0 Å². The number of methoxy groups -OCH3 is 2. The number of ether oxygens (including phenoxy) is 2. The molecule has 4 aromatic rings. The molecular weight excluding hydrogens is 747 g/mol. The number of carbonyl (C=O) groups is 2. The van der Waals surface area contributed by atoms with E-state index in [2.05, 4.69) is 21.9 Å². The van der Waals surface area contributed by atoms with Crippen LogP contribution in [0.3, 0.4) is 0 Å². The van der Waals surface area contributed by atoms with Crippen molar-refractivity contribution in [2.75, 3.05) is 66.6 Å². The Hall–Kier alpha value is -4.22. The Balaban J connectivity index is 0.909. The number of halogens is 2. The zero-order chi connectivity index (χ0) is 38.7. The maximum absolute atomic E-state index is 11.8. The summed E-state index contributed by atoms with van der Waals surface area (Å²) in [5.41, 5.74) is 10.2. The number of pyridine rings is 2. The highest BCUT2D eigenvalue weighted by Gasteiger charge is 2.56. The van der Waals surface area contributed by atoms with E-state index >= 15 is 0 Å². The average molecular weight is 794 g/mol. The first kappa shape index (κ1) is 36.1. The molecule has 2 aromatic carbocycles. The average Bonchev–Trinajstić information content (AvgIpc) is 3.73. The first-order valence-corrected chi connectivity index (χ1v) is 20.5. The summed E-state index contributed by atoms with van der Waals surface area (Å²) in [7, 11) is 3.39. The molecule has 56 heavy (non-hydrogen) atoms. The monoisotopic (exact) mass is 792 g/mol. The lowest BCUT2D eigenvalue weighted by atomic mass is 9.72. The summed E-state index contributed by atoms with van der Waals surface area (Å²) in [6.45, 7) is 10.7. The molecule has 2 spiro atoms. The Kier molecular flexibility index (Phi) is 8.49. The van der Waals surface area contributed by atoms with Crippen LogP contribution in [0.15, 0.2) is 48.5 Å². The van der Waals surface area contributed by atoms with E-state index in [4.69, 9.17) is 42.6 Å². The zero-order valence-corrected chi connectivity index (χ0v) is 33.8. The third kappa shape index (κ3) is 5.57. The second kappa shape index (κ2) is 13.2. The van der Waals surface area contributed by atoms with Crippen molar-refractivity contribution < 1.29 is 19.1 Å². The zero-order valence-electron chi connectivity index (χ0n) is 32.3. The maximum atomic E-state index is 11.8. The Bertz CT molecular complexity index is 2140. The molecule has 2 aliphatic carbocycles. The summed E-state index contributed by atoms with van der Waals surface area (Å²) < 4.78 is 11.9. The highest BCUT2D eigenvalue weighted by molar-refractivity contribution is 6.39. The molecule has 0 N–H and O–H groups in total. The fourth-order valence-corrected chi connectivity index (χ4v) is 11.4. The van der Waals surface area contributed by atoms with Crippen LogP contribution in [-0.4, -0.2) is 108 Å². The minimum atomic E-state index is 0.164. The standard InChI is InChI=1S/C44H46Cl2N6O4/c1-25(53)49-17-43(18-49)21-51(22-43)35-13-11-27-15-33(47-41(55-3)37(27)35)31-9-5-7-29(39(31)45)30-8-6-10-32(40(30)46)34-16-28-12-14-36(38(28)42(48-34)56-4)52-23-44(24-52)19-50(20-44)26(2)54/h5-10,15-16,35-36H,11-14,17-24H2,1-4H3/t35-,36-/m1/s1. The van der Waals surface area contributed by atoms with E-state index in [0.717, 1.165) is 112 Å². The smallest absolute Gasteiger partial charge is 0.219 e. The first-order valence-electron chi connectivity index (χ1n) is 19.7. The molecule has 10 rings (SSSR count). The second-order valence-electron chi connectivity index (χ2n) is 17.2. The van der Waals surface area contributed by atoms with Gasteiger partial charge >= 0.3 is 0 Å². The van der Waals surface area contributed by atoms with Crippen molar-refractivity contribution in [2.45, 2.75) is 51.6 Å². The number of amides is 2. The van der Waals surface area contributed by atoms with Crippen LogP contribution in [0.5, 0.6) is 11.8 Å². The molecule has 12 heteroatoms. The molecule has 4 fully saturated rings. The van der Waals surface area contributed by atoms with E-state index in [0.29, 0.717) is 21.8 Å². The molecule has 290 valence electrons. The summed E-state index contributed by atoms with van der Waals surface area (Å²) >= 11 is 14.6. The van der Waals surface area contributed by atoms with Gasteiger partial charge in [0.2, 0.25) is 23.6 Å². The molecule has 0 saturated carbocycles. The van der Waals surface area contributed by atoms with Crippen LogP contribution in [0.1, 0.15) is 61.0 Å². The van der Waals surface area contributed by atoms with Gasteiger partial charge in [-0.3, -0.25) is 19.4 Å². The van der Waals surface area contributed by atoms with Gasteiger partial charge in [-0.1, -0.05) is 59.6 Å². The predicted molar refractivity (Wildman–Crippen MR) is 216 cm³/mol. The van der Waals surface area contributed by atoms with Gasteiger partial charge in [0.05, 0.1) is 35.7 Å². The van der Waals surface area contributed by atoms with Crippen molar-refractivity contribution in [3.05, 3.63) is 80.8 Å². The number of fused-ring (bicyclic) bond motifs is 2. The lowest BCUT2D eigenvalue weighted by Gasteiger charge is -2.61. The number of rotatable bonds is 7. The van der Waals surface area contributed by atoms with E-state index in [-0.39, 0.29) is 34.7 Å². The van der Waals surface area contributed by atoms with Gasteiger partial charge in [-0.25, -0.2) is 9.97 Å². The van der Waals surface area contributed by atoms with Crippen LogP contribution >= 0.6 is 23.2 Å². The summed E-state index contributed by atoms with van der Waals surface area (Å²) in [6.07, 6.45) is 3.91. The number of aryl methyl sites for hydroxylation is 2. The van der Waals surface area contributed by atoms with E-state index in [1.165, 1.54) is 22.3 Å². The first-order chi connectivity index (χ1) is 27.0. The third-order valence-corrected chi connectivity index (χ3v) is 14.3. The normalized spacial score (nSPS) is 22.9. The maximum Gasteiger partial charge on any atom is 0.219 e. The van der Waals surface area contributed by atoms with Gasteiger partial charge in [0.15, 0.2) is 0 Å². The lowest BCUT2D eigenvalue weighted by molar-refractivity contribution is -0.161. The van der Waals surface area contributed by atoms with Crippen molar-refractivity contribution in [3.8, 4) is 45.4 Å². The number of benzene rings is 2. The summed E-state index contributed by atoms with van der Waals surface area (Å²) in [4.78, 5) is 42.6. The van der Waals surface area contributed by atoms with Crippen molar-refractivity contribution in [2.24, 2.45) is 10.8 Å². The number of likely N-dealkylation sites (tertiary alicyclic amines) is 4. The van der Waals surface area contributed by atoms with E-state index in [9.17, 15) is 9.59 Å². The van der Waals surface area contributed by atoms with Crippen LogP contribution in [0.4, 0.5) is 0 Å². The number of hydrogen-bond acceptors (Lipinski definition) is 8. The molecule has 0 radical (unpaired) electrons. The molecule has 10 nitrogen and oxygen atoms in total. The van der Waals surface area contributed by atoms with Gasteiger partial charge in [-0.05, 0) is 48.9 Å². The van der Waals surface area contributed by atoms with Crippen LogP contribution < -0.4 is 9.47 Å². The Morgan fingerprint density at radius 1 is 0.625 bits per heavy atom. The molecule has 2 atom stereocenters. The van der Waals surface area contributed by atoms with E-state index in [1.54, 1.807) is 28.1 Å². The van der Waals surface area contributed by atoms with Gasteiger partial charge in [0.1, 0.15) is 0 Å². The summed E-state index contributed by atoms with van der Waals surface area (Å²) in [5.74, 6) is 1.63. The molecule has 0 bridgehead atoms. The summed E-state index contributed by atoms with van der Waals surface area (Å²) in [5, 5.41) is 1.15. The van der Waals surface area contributed by atoms with Gasteiger partial charge in [0.25, 0.3) is 0 Å². The number of nitrogens with zero attached hydrogens (tertiary/aromatic N) is 6. The van der Waals surface area contributed by atoms with Crippen LogP contribution in [0.2, 0.25) is 10.0 Å². The number of hydrogen-bond donors (Lipinski definition) is 0. The van der Waals surface area contributed by atoms with Crippen LogP contribution in [0.25, 0.3) is 33.6 Å². The van der Waals surface area contributed by atoms with Crippen LogP contribution in [0, 0.1) is 10.8 Å². The van der Waals surface area contributed by atoms with Gasteiger partial charge in [-0.2, -0.15) is 0 Å². The highest BCUT2D eigenvalue weighted by atomic mass is 35.5.